The molecule has 0 aliphatic carbocycles. The minimum absolute atomic E-state index is 0.0896. The molecule has 5 heteroatoms. The molecule has 0 spiro atoms. The fourth-order valence-corrected chi connectivity index (χ4v) is 2.10. The summed E-state index contributed by atoms with van der Waals surface area (Å²) in [5.41, 5.74) is 3.79. The number of carbonyl (C=O) groups is 2. The van der Waals surface area contributed by atoms with Gasteiger partial charge in [0.05, 0.1) is 12.2 Å². The Bertz CT molecular complexity index is 707. The molecule has 120 valence electrons. The van der Waals surface area contributed by atoms with Crippen LogP contribution in [0, 0.1) is 13.8 Å². The van der Waals surface area contributed by atoms with Crippen LogP contribution in [-0.2, 0) is 16.1 Å². The van der Waals surface area contributed by atoms with Crippen LogP contribution in [0.4, 0.5) is 5.69 Å². The molecule has 5 nitrogen and oxygen atoms in total. The predicted octanol–water partition coefficient (Wildman–Crippen LogP) is 2.59. The van der Waals surface area contributed by atoms with Crippen molar-refractivity contribution in [2.75, 3.05) is 11.9 Å². The van der Waals surface area contributed by atoms with Gasteiger partial charge >= 0.3 is 5.97 Å². The van der Waals surface area contributed by atoms with E-state index < -0.39 is 11.9 Å². The molecule has 0 aliphatic heterocycles. The summed E-state index contributed by atoms with van der Waals surface area (Å²) in [6.45, 7) is 3.43. The monoisotopic (exact) mass is 313 g/mol. The van der Waals surface area contributed by atoms with E-state index in [1.165, 1.54) is 0 Å². The first-order valence-corrected chi connectivity index (χ1v) is 7.23. The lowest BCUT2D eigenvalue weighted by Gasteiger charge is -2.09. The second-order valence-corrected chi connectivity index (χ2v) is 5.30. The average Bonchev–Trinajstić information content (AvgIpc) is 2.55. The Morgan fingerprint density at radius 1 is 1.09 bits per heavy atom. The first kappa shape index (κ1) is 16.7. The molecule has 0 bridgehead atoms. The third kappa shape index (κ3) is 4.66. The number of hydrogen-bond acceptors (Lipinski definition) is 4. The number of ether oxygens (including phenoxy) is 1. The quantitative estimate of drug-likeness (QED) is 0.832. The van der Waals surface area contributed by atoms with E-state index in [0.717, 1.165) is 11.1 Å². The number of nitrogens with one attached hydrogen (secondary N) is 1. The predicted molar refractivity (Wildman–Crippen MR) is 87.2 cm³/mol. The van der Waals surface area contributed by atoms with Crippen LogP contribution in [0.3, 0.4) is 0 Å². The lowest BCUT2D eigenvalue weighted by Crippen LogP contribution is -2.21. The minimum Gasteiger partial charge on any atom is -0.452 e. The maximum atomic E-state index is 11.9. The molecule has 0 radical (unpaired) electrons. The molecule has 0 fully saturated rings. The zero-order chi connectivity index (χ0) is 16.8. The number of carbonyl (C=O) groups excluding carboxylic acids is 2. The van der Waals surface area contributed by atoms with Crippen LogP contribution in [-0.4, -0.2) is 23.6 Å². The summed E-state index contributed by atoms with van der Waals surface area (Å²) in [5, 5.41) is 11.7. The van der Waals surface area contributed by atoms with E-state index in [-0.39, 0.29) is 13.2 Å². The summed E-state index contributed by atoms with van der Waals surface area (Å²) in [6.07, 6.45) is 0. The first-order valence-electron chi connectivity index (χ1n) is 7.23. The number of amides is 1. The van der Waals surface area contributed by atoms with E-state index in [0.29, 0.717) is 16.8 Å². The summed E-state index contributed by atoms with van der Waals surface area (Å²) in [7, 11) is 0. The summed E-state index contributed by atoms with van der Waals surface area (Å²) in [4.78, 5) is 23.7. The van der Waals surface area contributed by atoms with Gasteiger partial charge in [-0.1, -0.05) is 29.8 Å². The smallest absolute Gasteiger partial charge is 0.338 e. The molecular weight excluding hydrogens is 294 g/mol. The van der Waals surface area contributed by atoms with Gasteiger partial charge in [-0.15, -0.1) is 0 Å². The first-order chi connectivity index (χ1) is 11.0. The molecule has 0 atom stereocenters. The van der Waals surface area contributed by atoms with E-state index in [1.54, 1.807) is 24.3 Å². The molecule has 0 aromatic heterocycles. The van der Waals surface area contributed by atoms with Gasteiger partial charge < -0.3 is 15.2 Å². The van der Waals surface area contributed by atoms with Gasteiger partial charge in [-0.3, -0.25) is 4.79 Å². The van der Waals surface area contributed by atoms with Gasteiger partial charge in [0.2, 0.25) is 0 Å². The molecule has 2 aromatic rings. The standard InChI is InChI=1S/C18H19NO4/c1-12-3-8-16(13(2)9-12)19-17(21)11-23-18(22)15-6-4-14(10-20)5-7-15/h3-9,20H,10-11H2,1-2H3,(H,19,21). The van der Waals surface area contributed by atoms with Crippen molar-refractivity contribution < 1.29 is 19.4 Å². The van der Waals surface area contributed by atoms with Gasteiger partial charge in [-0.2, -0.15) is 0 Å². The molecule has 0 heterocycles. The summed E-state index contributed by atoms with van der Waals surface area (Å²) in [5.74, 6) is -0.970. The highest BCUT2D eigenvalue weighted by molar-refractivity contribution is 5.95. The molecule has 0 saturated heterocycles. The number of hydrogen-bond donors (Lipinski definition) is 2. The highest BCUT2D eigenvalue weighted by Crippen LogP contribution is 2.15. The van der Waals surface area contributed by atoms with Gasteiger partial charge in [0, 0.05) is 5.69 Å². The van der Waals surface area contributed by atoms with Crippen LogP contribution in [0.25, 0.3) is 0 Å². The summed E-state index contributed by atoms with van der Waals surface area (Å²) >= 11 is 0. The Hall–Kier alpha value is -2.66. The maximum Gasteiger partial charge on any atom is 0.338 e. The molecule has 23 heavy (non-hydrogen) atoms. The molecule has 2 aromatic carbocycles. The number of esters is 1. The van der Waals surface area contributed by atoms with E-state index >= 15 is 0 Å². The number of benzene rings is 2. The Morgan fingerprint density at radius 3 is 2.39 bits per heavy atom. The van der Waals surface area contributed by atoms with Crippen LogP contribution < -0.4 is 5.32 Å². The highest BCUT2D eigenvalue weighted by atomic mass is 16.5. The van der Waals surface area contributed by atoms with Crippen molar-refractivity contribution in [3.05, 3.63) is 64.7 Å². The van der Waals surface area contributed by atoms with Crippen molar-refractivity contribution in [1.29, 1.82) is 0 Å². The van der Waals surface area contributed by atoms with E-state index in [4.69, 9.17) is 9.84 Å². The molecule has 0 aliphatic rings. The van der Waals surface area contributed by atoms with Crippen molar-refractivity contribution in [2.45, 2.75) is 20.5 Å². The third-order valence-electron chi connectivity index (χ3n) is 3.36. The van der Waals surface area contributed by atoms with E-state index in [9.17, 15) is 9.59 Å². The number of anilines is 1. The van der Waals surface area contributed by atoms with Gasteiger partial charge in [0.15, 0.2) is 6.61 Å². The van der Waals surface area contributed by atoms with Crippen LogP contribution in [0.15, 0.2) is 42.5 Å². The van der Waals surface area contributed by atoms with Crippen molar-refractivity contribution in [3.63, 3.8) is 0 Å². The van der Waals surface area contributed by atoms with E-state index in [1.807, 2.05) is 32.0 Å². The van der Waals surface area contributed by atoms with Gasteiger partial charge in [-0.25, -0.2) is 4.79 Å². The van der Waals surface area contributed by atoms with Crippen LogP contribution in [0.5, 0.6) is 0 Å². The number of aliphatic hydroxyl groups excluding tert-OH is 1. The molecule has 1 amide bonds. The molecule has 2 N–H and O–H groups in total. The number of aryl methyl sites for hydroxylation is 2. The Labute approximate surface area is 134 Å². The normalized spacial score (nSPS) is 10.2. The zero-order valence-electron chi connectivity index (χ0n) is 13.1. The van der Waals surface area contributed by atoms with Gasteiger partial charge in [0.25, 0.3) is 5.91 Å². The molecular formula is C18H19NO4. The van der Waals surface area contributed by atoms with Crippen molar-refractivity contribution >= 4 is 17.6 Å². The zero-order valence-corrected chi connectivity index (χ0v) is 13.1. The third-order valence-corrected chi connectivity index (χ3v) is 3.36. The van der Waals surface area contributed by atoms with Crippen molar-refractivity contribution in [3.8, 4) is 0 Å². The summed E-state index contributed by atoms with van der Waals surface area (Å²) < 4.78 is 4.99. The fraction of sp³-hybridized carbons (Fsp3) is 0.222. The van der Waals surface area contributed by atoms with Gasteiger partial charge in [-0.05, 0) is 43.2 Å². The Kier molecular flexibility index (Phi) is 5.49. The summed E-state index contributed by atoms with van der Waals surface area (Å²) in [6, 6.07) is 12.0. The average molecular weight is 313 g/mol. The lowest BCUT2D eigenvalue weighted by atomic mass is 10.1. The van der Waals surface area contributed by atoms with Crippen molar-refractivity contribution in [2.24, 2.45) is 0 Å². The molecule has 0 saturated carbocycles. The van der Waals surface area contributed by atoms with Crippen molar-refractivity contribution in [1.82, 2.24) is 0 Å². The Morgan fingerprint density at radius 2 is 1.78 bits per heavy atom. The number of aliphatic hydroxyl groups is 1. The number of rotatable bonds is 5. The second-order valence-electron chi connectivity index (χ2n) is 5.30. The minimum atomic E-state index is -0.578. The molecule has 2 rings (SSSR count). The van der Waals surface area contributed by atoms with Gasteiger partial charge in [0.1, 0.15) is 0 Å². The van der Waals surface area contributed by atoms with Crippen LogP contribution >= 0.6 is 0 Å². The SMILES string of the molecule is Cc1ccc(NC(=O)COC(=O)c2ccc(CO)cc2)c(C)c1. The topological polar surface area (TPSA) is 75.6 Å². The van der Waals surface area contributed by atoms with Crippen LogP contribution in [0.2, 0.25) is 0 Å². The van der Waals surface area contributed by atoms with Crippen LogP contribution in [0.1, 0.15) is 27.0 Å². The second kappa shape index (κ2) is 7.56. The highest BCUT2D eigenvalue weighted by Gasteiger charge is 2.11. The largest absolute Gasteiger partial charge is 0.452 e. The van der Waals surface area contributed by atoms with E-state index in [2.05, 4.69) is 5.32 Å². The maximum absolute atomic E-state index is 11.9. The Balaban J connectivity index is 1.89. The fourth-order valence-electron chi connectivity index (χ4n) is 2.10. The molecule has 0 unspecified atom stereocenters. The lowest BCUT2D eigenvalue weighted by molar-refractivity contribution is -0.119.